The highest BCUT2D eigenvalue weighted by molar-refractivity contribution is 5.96. The minimum Gasteiger partial charge on any atom is -0.496 e. The molecule has 166 valence electrons. The van der Waals surface area contributed by atoms with Gasteiger partial charge in [0.15, 0.2) is 0 Å². The van der Waals surface area contributed by atoms with Crippen molar-refractivity contribution >= 4 is 17.6 Å². The van der Waals surface area contributed by atoms with Crippen LogP contribution in [0.4, 0.5) is 0 Å². The molecule has 0 bridgehead atoms. The lowest BCUT2D eigenvalue weighted by Crippen LogP contribution is -2.66. The first-order valence-electron chi connectivity index (χ1n) is 9.97. The Morgan fingerprint density at radius 3 is 2.60 bits per heavy atom. The number of amidine groups is 1. The second kappa shape index (κ2) is 9.01. The number of amides is 2. The first kappa shape index (κ1) is 23.6. The molecule has 2 amide bonds. The summed E-state index contributed by atoms with van der Waals surface area (Å²) in [6, 6.07) is 4.03. The molecule has 9 nitrogen and oxygen atoms in total. The minimum absolute atomic E-state index is 0.0732. The molecule has 9 heteroatoms. The molecule has 2 rings (SSSR count). The van der Waals surface area contributed by atoms with Crippen LogP contribution in [0.25, 0.3) is 0 Å². The van der Waals surface area contributed by atoms with Crippen molar-refractivity contribution in [3.63, 3.8) is 0 Å². The molecule has 1 heterocycles. The van der Waals surface area contributed by atoms with Gasteiger partial charge in [0.05, 0.1) is 13.7 Å². The molecule has 1 aliphatic rings. The highest BCUT2D eigenvalue weighted by atomic mass is 16.5. The number of nitrogens with zero attached hydrogens (tertiary/aromatic N) is 1. The van der Waals surface area contributed by atoms with Gasteiger partial charge in [-0.1, -0.05) is 32.9 Å². The van der Waals surface area contributed by atoms with E-state index in [1.165, 1.54) is 12.0 Å². The van der Waals surface area contributed by atoms with Crippen LogP contribution >= 0.6 is 0 Å². The van der Waals surface area contributed by atoms with E-state index in [9.17, 15) is 14.7 Å². The average molecular weight is 420 g/mol. The molecule has 1 saturated heterocycles. The topological polar surface area (TPSA) is 155 Å². The first-order valence-corrected chi connectivity index (χ1v) is 9.97. The second-order valence-corrected chi connectivity index (χ2v) is 8.62. The van der Waals surface area contributed by atoms with Crippen LogP contribution < -0.4 is 21.5 Å². The van der Waals surface area contributed by atoms with E-state index < -0.39 is 29.5 Å². The van der Waals surface area contributed by atoms with Crippen LogP contribution in [0.2, 0.25) is 0 Å². The summed E-state index contributed by atoms with van der Waals surface area (Å²) in [6.07, 6.45) is 1.18. The Labute approximate surface area is 177 Å². The average Bonchev–Trinajstić information content (AvgIpc) is 3.16. The lowest BCUT2D eigenvalue weighted by molar-refractivity contribution is -0.153. The quantitative estimate of drug-likeness (QED) is 0.317. The molecule has 30 heavy (non-hydrogen) atoms. The Kier molecular flexibility index (Phi) is 7.10. The Morgan fingerprint density at radius 2 is 2.07 bits per heavy atom. The number of hydrogen-bond donors (Lipinski definition) is 5. The molecule has 1 aliphatic heterocycles. The van der Waals surface area contributed by atoms with E-state index in [1.54, 1.807) is 18.2 Å². The maximum Gasteiger partial charge on any atom is 0.246 e. The van der Waals surface area contributed by atoms with Gasteiger partial charge >= 0.3 is 0 Å². The second-order valence-electron chi connectivity index (χ2n) is 8.62. The molecule has 2 atom stereocenters. The number of rotatable bonds is 7. The highest BCUT2D eigenvalue weighted by Crippen LogP contribution is 2.44. The maximum atomic E-state index is 13.5. The smallest absolute Gasteiger partial charge is 0.246 e. The fraction of sp³-hybridized carbons (Fsp3) is 0.571. The zero-order valence-electron chi connectivity index (χ0n) is 18.1. The molecule has 0 aliphatic carbocycles. The van der Waals surface area contributed by atoms with Gasteiger partial charge in [0.1, 0.15) is 23.2 Å². The number of ether oxygens (including phenoxy) is 1. The summed E-state index contributed by atoms with van der Waals surface area (Å²) in [5, 5.41) is 19.8. The molecule has 7 N–H and O–H groups in total. The normalized spacial score (nSPS) is 20.0. The zero-order chi connectivity index (χ0) is 22.7. The van der Waals surface area contributed by atoms with E-state index >= 15 is 0 Å². The van der Waals surface area contributed by atoms with E-state index in [0.29, 0.717) is 30.7 Å². The molecule has 0 unspecified atom stereocenters. The van der Waals surface area contributed by atoms with Crippen molar-refractivity contribution in [3.05, 3.63) is 29.3 Å². The van der Waals surface area contributed by atoms with E-state index in [4.69, 9.17) is 21.6 Å². The van der Waals surface area contributed by atoms with E-state index in [1.807, 2.05) is 20.8 Å². The molecule has 1 aromatic rings. The third-order valence-corrected chi connectivity index (χ3v) is 5.81. The molecular formula is C21H33N5O4. The van der Waals surface area contributed by atoms with Crippen LogP contribution in [0.5, 0.6) is 5.75 Å². The summed E-state index contributed by atoms with van der Waals surface area (Å²) in [5.41, 5.74) is 10.9. The van der Waals surface area contributed by atoms with Gasteiger partial charge in [0.2, 0.25) is 11.8 Å². The third-order valence-electron chi connectivity index (χ3n) is 5.81. The predicted octanol–water partition coefficient (Wildman–Crippen LogP) is 0.322. The number of hydrogen-bond acceptors (Lipinski definition) is 6. The number of likely N-dealkylation sites (tertiary alicyclic amines) is 1. The summed E-state index contributed by atoms with van der Waals surface area (Å²) in [7, 11) is 1.51. The third kappa shape index (κ3) is 4.27. The highest BCUT2D eigenvalue weighted by Gasteiger charge is 2.57. The number of methoxy groups -OCH3 is 1. The van der Waals surface area contributed by atoms with Crippen molar-refractivity contribution in [2.75, 3.05) is 20.3 Å². The summed E-state index contributed by atoms with van der Waals surface area (Å²) in [5.74, 6) is -0.266. The molecular weight excluding hydrogens is 386 g/mol. The largest absolute Gasteiger partial charge is 0.496 e. The Morgan fingerprint density at radius 1 is 1.40 bits per heavy atom. The summed E-state index contributed by atoms with van der Waals surface area (Å²) in [6.45, 7) is 5.89. The zero-order valence-corrected chi connectivity index (χ0v) is 18.1. The number of nitrogens with two attached hydrogens (primary N) is 2. The van der Waals surface area contributed by atoms with Crippen LogP contribution in [0.15, 0.2) is 18.2 Å². The monoisotopic (exact) mass is 419 g/mol. The van der Waals surface area contributed by atoms with E-state index in [2.05, 4.69) is 5.32 Å². The van der Waals surface area contributed by atoms with Crippen LogP contribution in [0.3, 0.4) is 0 Å². The van der Waals surface area contributed by atoms with Crippen molar-refractivity contribution in [3.8, 4) is 5.75 Å². The maximum absolute atomic E-state index is 13.5. The van der Waals surface area contributed by atoms with Crippen molar-refractivity contribution in [1.29, 1.82) is 5.41 Å². The fourth-order valence-corrected chi connectivity index (χ4v) is 4.13. The van der Waals surface area contributed by atoms with Crippen LogP contribution in [-0.4, -0.2) is 59.5 Å². The fourth-order valence-electron chi connectivity index (χ4n) is 4.13. The van der Waals surface area contributed by atoms with Gasteiger partial charge in [-0.15, -0.1) is 0 Å². The van der Waals surface area contributed by atoms with Gasteiger partial charge in [-0.05, 0) is 24.3 Å². The minimum atomic E-state index is -1.08. The van der Waals surface area contributed by atoms with Crippen molar-refractivity contribution in [2.24, 2.45) is 16.9 Å². The van der Waals surface area contributed by atoms with Crippen molar-refractivity contribution < 1.29 is 19.4 Å². The SMILES string of the molecule is COc1cc(C(=N)N)ccc1CNC(=O)[C@]1(C(C)(C)C)CCCN1C(=O)[C@@H](N)CO. The number of nitrogen functional groups attached to an aromatic ring is 1. The van der Waals surface area contributed by atoms with Crippen molar-refractivity contribution in [1.82, 2.24) is 10.2 Å². The molecule has 1 aromatic carbocycles. The van der Waals surface area contributed by atoms with Crippen LogP contribution in [-0.2, 0) is 16.1 Å². The Hall–Kier alpha value is -2.65. The number of benzene rings is 1. The lowest BCUT2D eigenvalue weighted by Gasteiger charge is -2.47. The van der Waals surface area contributed by atoms with Crippen LogP contribution in [0.1, 0.15) is 44.7 Å². The van der Waals surface area contributed by atoms with E-state index in [0.717, 1.165) is 5.56 Å². The Balaban J connectivity index is 2.31. The molecule has 0 aromatic heterocycles. The van der Waals surface area contributed by atoms with Gasteiger partial charge in [-0.3, -0.25) is 15.0 Å². The number of nitrogens with one attached hydrogen (secondary N) is 2. The molecule has 0 spiro atoms. The van der Waals surface area contributed by atoms with Gasteiger partial charge in [0, 0.05) is 24.2 Å². The standard InChI is InChI=1S/C21H33N5O4/c1-20(2,3)21(8-5-9-26(21)18(28)15(22)12-27)19(29)25-11-14-7-6-13(17(23)24)10-16(14)30-4/h6-7,10,15,27H,5,8-9,11-12,22H2,1-4H3,(H3,23,24)(H,25,29)/t15-,21-/m0/s1. The van der Waals surface area contributed by atoms with Crippen LogP contribution in [0, 0.1) is 10.8 Å². The van der Waals surface area contributed by atoms with Gasteiger partial charge < -0.3 is 31.5 Å². The predicted molar refractivity (Wildman–Crippen MR) is 114 cm³/mol. The number of aliphatic hydroxyl groups excluding tert-OH is 1. The summed E-state index contributed by atoms with van der Waals surface area (Å²) >= 11 is 0. The van der Waals surface area contributed by atoms with Gasteiger partial charge in [0.25, 0.3) is 0 Å². The molecule has 1 fully saturated rings. The van der Waals surface area contributed by atoms with Gasteiger partial charge in [-0.25, -0.2) is 0 Å². The van der Waals surface area contributed by atoms with Crippen molar-refractivity contribution in [2.45, 2.75) is 51.7 Å². The van der Waals surface area contributed by atoms with E-state index in [-0.39, 0.29) is 18.3 Å². The lowest BCUT2D eigenvalue weighted by atomic mass is 9.70. The number of aliphatic hydroxyl groups is 1. The summed E-state index contributed by atoms with van der Waals surface area (Å²) in [4.78, 5) is 27.8. The number of carbonyl (C=O) groups is 2. The first-order chi connectivity index (χ1) is 14.0. The summed E-state index contributed by atoms with van der Waals surface area (Å²) < 4.78 is 5.38. The van der Waals surface area contributed by atoms with Gasteiger partial charge in [-0.2, -0.15) is 0 Å². The molecule has 0 saturated carbocycles. The Bertz CT molecular complexity index is 820. The number of carbonyl (C=O) groups excluding carboxylic acids is 2. The molecule has 0 radical (unpaired) electrons.